The first-order valence-corrected chi connectivity index (χ1v) is 5.15. The van der Waals surface area contributed by atoms with E-state index in [1.54, 1.807) is 0 Å². The second-order valence-corrected chi connectivity index (χ2v) is 4.17. The molecule has 0 aliphatic carbocycles. The highest BCUT2D eigenvalue weighted by molar-refractivity contribution is 5.55. The number of benzene rings is 1. The molecule has 0 bridgehead atoms. The first kappa shape index (κ1) is 11.0. The number of hydrogen-bond donors (Lipinski definition) is 0. The van der Waals surface area contributed by atoms with Crippen LogP contribution < -0.4 is 0 Å². The van der Waals surface area contributed by atoms with E-state index < -0.39 is 0 Å². The van der Waals surface area contributed by atoms with Crippen molar-refractivity contribution in [3.63, 3.8) is 0 Å². The van der Waals surface area contributed by atoms with E-state index >= 15 is 0 Å². The molecule has 14 heavy (non-hydrogen) atoms. The molecule has 0 aliphatic rings. The number of carbonyl (C=O) groups excluding carboxylic acids is 1. The zero-order chi connectivity index (χ0) is 10.6. The highest BCUT2D eigenvalue weighted by atomic mass is 16.1. The van der Waals surface area contributed by atoms with E-state index in [4.69, 9.17) is 0 Å². The number of rotatable bonds is 4. The largest absolute Gasteiger partial charge is 0.303 e. The Bertz CT molecular complexity index is 302. The molecule has 0 aliphatic heterocycles. The zero-order valence-corrected chi connectivity index (χ0v) is 9.16. The highest BCUT2D eigenvalue weighted by Crippen LogP contribution is 2.17. The quantitative estimate of drug-likeness (QED) is 0.667. The van der Waals surface area contributed by atoms with Gasteiger partial charge in [0.2, 0.25) is 0 Å². The van der Waals surface area contributed by atoms with Crippen molar-refractivity contribution in [2.24, 2.45) is 11.8 Å². The lowest BCUT2D eigenvalue weighted by atomic mass is 9.89. The zero-order valence-electron chi connectivity index (χ0n) is 9.16. The molecule has 1 unspecified atom stereocenters. The van der Waals surface area contributed by atoms with Crippen molar-refractivity contribution in [1.82, 2.24) is 0 Å². The normalized spacial score (nSPS) is 12.9. The van der Waals surface area contributed by atoms with E-state index in [-0.39, 0.29) is 5.92 Å². The van der Waals surface area contributed by atoms with Crippen LogP contribution in [-0.4, -0.2) is 6.29 Å². The van der Waals surface area contributed by atoms with Crippen molar-refractivity contribution in [2.45, 2.75) is 27.2 Å². The Hall–Kier alpha value is -1.11. The van der Waals surface area contributed by atoms with Crippen LogP contribution in [0.3, 0.4) is 0 Å². The van der Waals surface area contributed by atoms with Gasteiger partial charge in [-0.25, -0.2) is 0 Å². The van der Waals surface area contributed by atoms with Crippen LogP contribution in [0.4, 0.5) is 0 Å². The van der Waals surface area contributed by atoms with Crippen LogP contribution in [0.5, 0.6) is 0 Å². The van der Waals surface area contributed by atoms with E-state index in [0.29, 0.717) is 5.92 Å². The van der Waals surface area contributed by atoms with Crippen LogP contribution in [-0.2, 0) is 11.2 Å². The summed E-state index contributed by atoms with van der Waals surface area (Å²) in [5.74, 6) is 0.572. The van der Waals surface area contributed by atoms with Gasteiger partial charge in [0.05, 0.1) is 0 Å². The second kappa shape index (κ2) is 4.94. The SMILES string of the molecule is Cc1ccccc1CC(C=O)C(C)C. The monoisotopic (exact) mass is 190 g/mol. The fraction of sp³-hybridized carbons (Fsp3) is 0.462. The lowest BCUT2D eigenvalue weighted by Gasteiger charge is -2.15. The molecule has 1 heteroatoms. The molecule has 76 valence electrons. The van der Waals surface area contributed by atoms with Gasteiger partial charge in [0.15, 0.2) is 0 Å². The van der Waals surface area contributed by atoms with Gasteiger partial charge in [-0.15, -0.1) is 0 Å². The topological polar surface area (TPSA) is 17.1 Å². The van der Waals surface area contributed by atoms with Crippen LogP contribution in [0, 0.1) is 18.8 Å². The van der Waals surface area contributed by atoms with Crippen LogP contribution in [0.2, 0.25) is 0 Å². The van der Waals surface area contributed by atoms with Crippen LogP contribution in [0.15, 0.2) is 24.3 Å². The summed E-state index contributed by atoms with van der Waals surface area (Å²) < 4.78 is 0. The van der Waals surface area contributed by atoms with E-state index in [2.05, 4.69) is 32.9 Å². The van der Waals surface area contributed by atoms with Gasteiger partial charge in [0, 0.05) is 5.92 Å². The summed E-state index contributed by atoms with van der Waals surface area (Å²) in [6, 6.07) is 8.26. The summed E-state index contributed by atoms with van der Waals surface area (Å²) in [5, 5.41) is 0. The van der Waals surface area contributed by atoms with Gasteiger partial charge in [-0.3, -0.25) is 0 Å². The summed E-state index contributed by atoms with van der Waals surface area (Å²) in [6.07, 6.45) is 1.95. The second-order valence-electron chi connectivity index (χ2n) is 4.17. The molecule has 1 rings (SSSR count). The van der Waals surface area contributed by atoms with E-state index in [1.807, 2.05) is 12.1 Å². The summed E-state index contributed by atoms with van der Waals surface area (Å²) in [6.45, 7) is 6.28. The van der Waals surface area contributed by atoms with Crippen molar-refractivity contribution in [1.29, 1.82) is 0 Å². The molecule has 0 spiro atoms. The van der Waals surface area contributed by atoms with Crippen molar-refractivity contribution < 1.29 is 4.79 Å². The minimum Gasteiger partial charge on any atom is -0.303 e. The Kier molecular flexibility index (Phi) is 3.87. The van der Waals surface area contributed by atoms with Gasteiger partial charge in [0.25, 0.3) is 0 Å². The Labute approximate surface area is 86.1 Å². The van der Waals surface area contributed by atoms with Gasteiger partial charge < -0.3 is 4.79 Å². The Morgan fingerprint density at radius 1 is 1.29 bits per heavy atom. The third-order valence-electron chi connectivity index (χ3n) is 2.75. The molecule has 0 saturated heterocycles. The molecular weight excluding hydrogens is 172 g/mol. The molecule has 0 heterocycles. The molecule has 0 fully saturated rings. The Balaban J connectivity index is 2.77. The van der Waals surface area contributed by atoms with Gasteiger partial charge in [-0.05, 0) is 30.4 Å². The fourth-order valence-corrected chi connectivity index (χ4v) is 1.53. The number of hydrogen-bond acceptors (Lipinski definition) is 1. The van der Waals surface area contributed by atoms with Gasteiger partial charge in [-0.1, -0.05) is 38.1 Å². The molecule has 0 saturated carbocycles. The van der Waals surface area contributed by atoms with Crippen molar-refractivity contribution >= 4 is 6.29 Å². The standard InChI is InChI=1S/C13H18O/c1-10(2)13(9-14)8-12-7-5-4-6-11(12)3/h4-7,9-10,13H,8H2,1-3H3. The molecule has 1 atom stereocenters. The van der Waals surface area contributed by atoms with Gasteiger partial charge in [-0.2, -0.15) is 0 Å². The van der Waals surface area contributed by atoms with Crippen molar-refractivity contribution in [2.75, 3.05) is 0 Å². The molecule has 0 aromatic heterocycles. The Morgan fingerprint density at radius 3 is 2.43 bits per heavy atom. The maximum Gasteiger partial charge on any atom is 0.123 e. The third kappa shape index (κ3) is 2.69. The lowest BCUT2D eigenvalue weighted by Crippen LogP contribution is -2.13. The maximum atomic E-state index is 10.9. The number of carbonyl (C=O) groups is 1. The summed E-state index contributed by atoms with van der Waals surface area (Å²) in [5.41, 5.74) is 2.57. The van der Waals surface area contributed by atoms with Gasteiger partial charge in [0.1, 0.15) is 6.29 Å². The molecular formula is C13H18O. The minimum atomic E-state index is 0.149. The van der Waals surface area contributed by atoms with Crippen LogP contribution in [0.1, 0.15) is 25.0 Å². The molecule has 0 radical (unpaired) electrons. The molecule has 1 nitrogen and oxygen atoms in total. The lowest BCUT2D eigenvalue weighted by molar-refractivity contribution is -0.112. The van der Waals surface area contributed by atoms with Crippen LogP contribution in [0.25, 0.3) is 0 Å². The third-order valence-corrected chi connectivity index (χ3v) is 2.75. The average molecular weight is 190 g/mol. The highest BCUT2D eigenvalue weighted by Gasteiger charge is 2.13. The molecule has 0 amide bonds. The average Bonchev–Trinajstić information content (AvgIpc) is 2.16. The summed E-state index contributed by atoms with van der Waals surface area (Å²) in [7, 11) is 0. The first-order valence-electron chi connectivity index (χ1n) is 5.15. The summed E-state index contributed by atoms with van der Waals surface area (Å²) in [4.78, 5) is 10.9. The Morgan fingerprint density at radius 2 is 1.93 bits per heavy atom. The molecule has 1 aromatic carbocycles. The predicted molar refractivity (Wildman–Crippen MR) is 59.3 cm³/mol. The predicted octanol–water partition coefficient (Wildman–Crippen LogP) is 3.01. The summed E-state index contributed by atoms with van der Waals surface area (Å²) >= 11 is 0. The number of aryl methyl sites for hydroxylation is 1. The van der Waals surface area contributed by atoms with E-state index in [9.17, 15) is 4.79 Å². The fourth-order valence-electron chi connectivity index (χ4n) is 1.53. The van der Waals surface area contributed by atoms with Crippen molar-refractivity contribution in [3.8, 4) is 0 Å². The van der Waals surface area contributed by atoms with Crippen LogP contribution >= 0.6 is 0 Å². The minimum absolute atomic E-state index is 0.149. The van der Waals surface area contributed by atoms with E-state index in [1.165, 1.54) is 11.1 Å². The molecule has 0 N–H and O–H groups in total. The first-order chi connectivity index (χ1) is 6.65. The van der Waals surface area contributed by atoms with E-state index in [0.717, 1.165) is 12.7 Å². The number of aldehydes is 1. The van der Waals surface area contributed by atoms with Crippen molar-refractivity contribution in [3.05, 3.63) is 35.4 Å². The smallest absolute Gasteiger partial charge is 0.123 e. The molecule has 1 aromatic rings. The maximum absolute atomic E-state index is 10.9. The van der Waals surface area contributed by atoms with Gasteiger partial charge >= 0.3 is 0 Å².